The minimum absolute atomic E-state index is 0.0322. The molecule has 0 N–H and O–H groups in total. The largest absolute Gasteiger partial charge is 0.493 e. The normalized spacial score (nSPS) is 35.3. The van der Waals surface area contributed by atoms with E-state index in [9.17, 15) is 4.79 Å². The Morgan fingerprint density at radius 3 is 2.78 bits per heavy atom. The number of fused-ring (bicyclic) bond motifs is 2. The fraction of sp³-hybridized carbons (Fsp3) is 0.550. The van der Waals surface area contributed by atoms with Crippen LogP contribution in [0, 0.1) is 16.7 Å². The van der Waals surface area contributed by atoms with Gasteiger partial charge in [-0.3, -0.25) is 4.79 Å². The van der Waals surface area contributed by atoms with Gasteiger partial charge in [0.15, 0.2) is 11.5 Å². The second kappa shape index (κ2) is 5.70. The van der Waals surface area contributed by atoms with Crippen LogP contribution >= 0.6 is 0 Å². The summed E-state index contributed by atoms with van der Waals surface area (Å²) in [5.41, 5.74) is 1.23. The van der Waals surface area contributed by atoms with Crippen molar-refractivity contribution in [3.63, 3.8) is 0 Å². The minimum Gasteiger partial charge on any atom is -0.493 e. The van der Waals surface area contributed by atoms with Crippen molar-refractivity contribution < 1.29 is 14.3 Å². The van der Waals surface area contributed by atoms with E-state index in [2.05, 4.69) is 24.8 Å². The molecule has 23 heavy (non-hydrogen) atoms. The molecule has 0 spiro atoms. The SMILES string of the molecule is C=CCC1(C23C=CC(CC2)C3)C=C(OC)C(OC(C)=O)=C(C)C1. The molecule has 0 aromatic heterocycles. The second-order valence-corrected chi connectivity index (χ2v) is 7.26. The first-order chi connectivity index (χ1) is 11.0. The van der Waals surface area contributed by atoms with Gasteiger partial charge in [0.1, 0.15) is 0 Å². The molecule has 3 heteroatoms. The van der Waals surface area contributed by atoms with Crippen LogP contribution in [0.5, 0.6) is 0 Å². The molecule has 0 heterocycles. The van der Waals surface area contributed by atoms with Crippen molar-refractivity contribution in [3.05, 3.63) is 48.0 Å². The Bertz CT molecular complexity index is 625. The zero-order chi connectivity index (χ0) is 16.7. The maximum absolute atomic E-state index is 11.4. The fourth-order valence-electron chi connectivity index (χ4n) is 4.84. The quantitative estimate of drug-likeness (QED) is 0.546. The van der Waals surface area contributed by atoms with E-state index in [4.69, 9.17) is 9.47 Å². The smallest absolute Gasteiger partial charge is 0.308 e. The van der Waals surface area contributed by atoms with Crippen molar-refractivity contribution in [2.24, 2.45) is 16.7 Å². The summed E-state index contributed by atoms with van der Waals surface area (Å²) in [5.74, 6) is 1.69. The molecule has 0 aromatic rings. The van der Waals surface area contributed by atoms with E-state index in [1.807, 2.05) is 13.0 Å². The Morgan fingerprint density at radius 2 is 2.30 bits per heavy atom. The maximum atomic E-state index is 11.4. The van der Waals surface area contributed by atoms with Crippen LogP contribution < -0.4 is 0 Å². The van der Waals surface area contributed by atoms with Crippen LogP contribution in [0.4, 0.5) is 0 Å². The monoisotopic (exact) mass is 314 g/mol. The lowest BCUT2D eigenvalue weighted by Crippen LogP contribution is -2.39. The zero-order valence-electron chi connectivity index (χ0n) is 14.4. The van der Waals surface area contributed by atoms with Crippen LogP contribution in [0.2, 0.25) is 0 Å². The van der Waals surface area contributed by atoms with E-state index in [0.29, 0.717) is 11.5 Å². The number of allylic oxidation sites excluding steroid dienone is 5. The molecule has 0 radical (unpaired) electrons. The second-order valence-electron chi connectivity index (χ2n) is 7.26. The fourth-order valence-corrected chi connectivity index (χ4v) is 4.84. The van der Waals surface area contributed by atoms with E-state index in [-0.39, 0.29) is 16.8 Å². The van der Waals surface area contributed by atoms with Crippen molar-refractivity contribution in [3.8, 4) is 0 Å². The summed E-state index contributed by atoms with van der Waals surface area (Å²) in [6, 6.07) is 0. The number of ether oxygens (including phenoxy) is 2. The van der Waals surface area contributed by atoms with Gasteiger partial charge in [0.2, 0.25) is 0 Å². The van der Waals surface area contributed by atoms with E-state index >= 15 is 0 Å². The van der Waals surface area contributed by atoms with Gasteiger partial charge in [0.05, 0.1) is 7.11 Å². The Kier molecular flexibility index (Phi) is 3.99. The lowest BCUT2D eigenvalue weighted by molar-refractivity contribution is -0.137. The lowest BCUT2D eigenvalue weighted by atomic mass is 9.57. The molecule has 3 nitrogen and oxygen atoms in total. The molecule has 3 atom stereocenters. The summed E-state index contributed by atoms with van der Waals surface area (Å²) in [7, 11) is 1.65. The van der Waals surface area contributed by atoms with Crippen molar-refractivity contribution >= 4 is 5.97 Å². The van der Waals surface area contributed by atoms with Gasteiger partial charge in [-0.05, 0) is 62.0 Å². The number of methoxy groups -OCH3 is 1. The average Bonchev–Trinajstić information content (AvgIpc) is 3.12. The number of esters is 1. The molecule has 3 rings (SSSR count). The van der Waals surface area contributed by atoms with E-state index < -0.39 is 0 Å². The van der Waals surface area contributed by atoms with Crippen LogP contribution in [0.15, 0.2) is 48.0 Å². The van der Waals surface area contributed by atoms with E-state index in [1.54, 1.807) is 7.11 Å². The molecule has 0 amide bonds. The lowest BCUT2D eigenvalue weighted by Gasteiger charge is -2.47. The zero-order valence-corrected chi connectivity index (χ0v) is 14.4. The minimum atomic E-state index is -0.307. The Balaban J connectivity index is 2.05. The molecule has 124 valence electrons. The highest BCUT2D eigenvalue weighted by Crippen LogP contribution is 2.64. The standard InChI is InChI=1S/C20H26O3/c1-5-8-20(19-9-6-16(12-19)7-10-19)11-14(2)18(23-15(3)21)17(13-20)22-4/h5-6,9,13,16H,1,7-8,10-12H2,2-4H3. The number of carbonyl (C=O) groups excluding carboxylic acids is 1. The van der Waals surface area contributed by atoms with Crippen LogP contribution in [0.1, 0.15) is 46.0 Å². The summed E-state index contributed by atoms with van der Waals surface area (Å²) < 4.78 is 11.0. The molecule has 0 aliphatic heterocycles. The molecule has 2 bridgehead atoms. The first kappa shape index (κ1) is 16.1. The van der Waals surface area contributed by atoms with E-state index in [0.717, 1.165) is 24.3 Å². The summed E-state index contributed by atoms with van der Waals surface area (Å²) in [4.78, 5) is 11.4. The van der Waals surface area contributed by atoms with Gasteiger partial charge in [-0.15, -0.1) is 6.58 Å². The highest BCUT2D eigenvalue weighted by atomic mass is 16.6. The van der Waals surface area contributed by atoms with Gasteiger partial charge >= 0.3 is 5.97 Å². The van der Waals surface area contributed by atoms with Gasteiger partial charge in [-0.1, -0.05) is 18.2 Å². The molecule has 3 aliphatic carbocycles. The predicted molar refractivity (Wildman–Crippen MR) is 90.3 cm³/mol. The summed E-state index contributed by atoms with van der Waals surface area (Å²) in [6.45, 7) is 7.47. The van der Waals surface area contributed by atoms with Gasteiger partial charge in [-0.25, -0.2) is 0 Å². The number of hydrogen-bond donors (Lipinski definition) is 0. The number of carbonyl (C=O) groups is 1. The van der Waals surface area contributed by atoms with Crippen LogP contribution in [-0.4, -0.2) is 13.1 Å². The molecular formula is C20H26O3. The molecule has 3 unspecified atom stereocenters. The van der Waals surface area contributed by atoms with Crippen molar-refractivity contribution in [1.29, 1.82) is 0 Å². The van der Waals surface area contributed by atoms with Gasteiger partial charge in [0.25, 0.3) is 0 Å². The van der Waals surface area contributed by atoms with Crippen molar-refractivity contribution in [1.82, 2.24) is 0 Å². The third-order valence-corrected chi connectivity index (χ3v) is 5.84. The summed E-state index contributed by atoms with van der Waals surface area (Å²) >= 11 is 0. The molecule has 3 aliphatic rings. The van der Waals surface area contributed by atoms with Crippen molar-refractivity contribution in [2.45, 2.75) is 46.0 Å². The number of hydrogen-bond acceptors (Lipinski definition) is 3. The third kappa shape index (κ3) is 2.46. The van der Waals surface area contributed by atoms with Gasteiger partial charge in [-0.2, -0.15) is 0 Å². The molecule has 1 fully saturated rings. The topological polar surface area (TPSA) is 35.5 Å². The van der Waals surface area contributed by atoms with Crippen LogP contribution in [-0.2, 0) is 14.3 Å². The Labute approximate surface area is 138 Å². The van der Waals surface area contributed by atoms with Crippen LogP contribution in [0.25, 0.3) is 0 Å². The van der Waals surface area contributed by atoms with E-state index in [1.165, 1.54) is 26.2 Å². The van der Waals surface area contributed by atoms with Crippen molar-refractivity contribution in [2.75, 3.05) is 7.11 Å². The van der Waals surface area contributed by atoms with Crippen LogP contribution in [0.3, 0.4) is 0 Å². The predicted octanol–water partition coefficient (Wildman–Crippen LogP) is 4.68. The molecule has 1 saturated carbocycles. The third-order valence-electron chi connectivity index (χ3n) is 5.84. The average molecular weight is 314 g/mol. The van der Waals surface area contributed by atoms with Gasteiger partial charge in [0, 0.05) is 12.3 Å². The molecule has 0 aromatic carbocycles. The number of rotatable bonds is 5. The summed E-state index contributed by atoms with van der Waals surface area (Å²) in [5, 5.41) is 0. The highest BCUT2D eigenvalue weighted by molar-refractivity contribution is 5.68. The Hall–Kier alpha value is -1.77. The first-order valence-corrected chi connectivity index (χ1v) is 8.41. The Morgan fingerprint density at radius 1 is 1.52 bits per heavy atom. The molecular weight excluding hydrogens is 288 g/mol. The van der Waals surface area contributed by atoms with Gasteiger partial charge < -0.3 is 9.47 Å². The molecule has 0 saturated heterocycles. The maximum Gasteiger partial charge on any atom is 0.308 e. The summed E-state index contributed by atoms with van der Waals surface area (Å²) in [6.07, 6.45) is 14.5. The highest BCUT2D eigenvalue weighted by Gasteiger charge is 2.55. The first-order valence-electron chi connectivity index (χ1n) is 8.41.